The minimum absolute atomic E-state index is 0.0693. The molecule has 0 heterocycles. The van der Waals surface area contributed by atoms with Crippen molar-refractivity contribution >= 4 is 21.4 Å². The molecule has 1 aromatic carbocycles. The van der Waals surface area contributed by atoms with Crippen molar-refractivity contribution in [2.75, 3.05) is 12.9 Å². The van der Waals surface area contributed by atoms with Gasteiger partial charge in [-0.1, -0.05) is 11.6 Å². The average molecular weight is 260 g/mol. The predicted octanol–water partition coefficient (Wildman–Crippen LogP) is 1.95. The Kier molecular flexibility index (Phi) is 3.79. The van der Waals surface area contributed by atoms with Gasteiger partial charge in [0.1, 0.15) is 11.5 Å². The van der Waals surface area contributed by atoms with Gasteiger partial charge in [-0.25, -0.2) is 8.42 Å². The first-order chi connectivity index (χ1) is 7.42. The first-order valence-corrected chi connectivity index (χ1v) is 6.39. The van der Waals surface area contributed by atoms with Crippen LogP contribution in [0, 0.1) is 18.3 Å². The summed E-state index contributed by atoms with van der Waals surface area (Å²) in [5.74, 6) is -0.147. The highest BCUT2D eigenvalue weighted by Crippen LogP contribution is 2.30. The van der Waals surface area contributed by atoms with E-state index in [0.29, 0.717) is 11.3 Å². The smallest absolute Gasteiger partial charge is 0.192 e. The second-order valence-corrected chi connectivity index (χ2v) is 5.53. The largest absolute Gasteiger partial charge is 0.495 e. The molecule has 86 valence electrons. The summed E-state index contributed by atoms with van der Waals surface area (Å²) in [7, 11) is -2.14. The van der Waals surface area contributed by atoms with E-state index >= 15 is 0 Å². The number of nitriles is 1. The maximum absolute atomic E-state index is 11.7. The van der Waals surface area contributed by atoms with Crippen molar-refractivity contribution in [3.63, 3.8) is 0 Å². The number of methoxy groups -OCH3 is 1. The van der Waals surface area contributed by atoms with Crippen LogP contribution in [0.5, 0.6) is 5.75 Å². The van der Waals surface area contributed by atoms with Gasteiger partial charge in [-0.3, -0.25) is 0 Å². The number of halogens is 1. The number of rotatable bonds is 3. The van der Waals surface area contributed by atoms with Crippen LogP contribution in [0.25, 0.3) is 0 Å². The monoisotopic (exact) mass is 259 g/mol. The van der Waals surface area contributed by atoms with Crippen molar-refractivity contribution in [3.8, 4) is 11.8 Å². The molecule has 1 aromatic rings. The van der Waals surface area contributed by atoms with E-state index in [9.17, 15) is 8.42 Å². The van der Waals surface area contributed by atoms with Gasteiger partial charge in [0.2, 0.25) is 0 Å². The molecule has 1 rings (SSSR count). The molecule has 0 radical (unpaired) electrons. The molecule has 4 nitrogen and oxygen atoms in total. The number of sulfone groups is 1. The van der Waals surface area contributed by atoms with Crippen molar-refractivity contribution in [1.82, 2.24) is 0 Å². The molecule has 0 fully saturated rings. The van der Waals surface area contributed by atoms with Gasteiger partial charge in [-0.15, -0.1) is 0 Å². The maximum atomic E-state index is 11.7. The Bertz CT molecular complexity index is 546. The third kappa shape index (κ3) is 2.46. The Morgan fingerprint density at radius 2 is 2.12 bits per heavy atom. The number of hydrogen-bond acceptors (Lipinski definition) is 4. The maximum Gasteiger partial charge on any atom is 0.192 e. The molecule has 0 spiro atoms. The normalized spacial score (nSPS) is 10.9. The van der Waals surface area contributed by atoms with Gasteiger partial charge >= 0.3 is 0 Å². The zero-order valence-corrected chi connectivity index (χ0v) is 10.4. The van der Waals surface area contributed by atoms with E-state index in [1.165, 1.54) is 19.2 Å². The fourth-order valence-electron chi connectivity index (χ4n) is 1.29. The molecule has 0 bridgehead atoms. The van der Waals surface area contributed by atoms with E-state index in [1.807, 2.05) is 0 Å². The summed E-state index contributed by atoms with van der Waals surface area (Å²) in [5, 5.41) is 8.65. The van der Waals surface area contributed by atoms with Crippen molar-refractivity contribution in [3.05, 3.63) is 22.7 Å². The summed E-state index contributed by atoms with van der Waals surface area (Å²) in [6.07, 6.45) is 0. The first kappa shape index (κ1) is 12.8. The van der Waals surface area contributed by atoms with Crippen LogP contribution in [-0.4, -0.2) is 21.3 Å². The molecule has 0 saturated heterocycles. The molecule has 0 aliphatic heterocycles. The Balaban J connectivity index is 3.39. The van der Waals surface area contributed by atoms with Crippen molar-refractivity contribution in [2.24, 2.45) is 0 Å². The van der Waals surface area contributed by atoms with Crippen LogP contribution >= 0.6 is 11.6 Å². The van der Waals surface area contributed by atoms with Crippen LogP contribution in [0.1, 0.15) is 5.56 Å². The van der Waals surface area contributed by atoms with Gasteiger partial charge < -0.3 is 4.74 Å². The molecule has 0 aliphatic carbocycles. The number of nitrogens with zero attached hydrogens (tertiary/aromatic N) is 1. The minimum Gasteiger partial charge on any atom is -0.495 e. The molecule has 0 saturated carbocycles. The topological polar surface area (TPSA) is 67.2 Å². The quantitative estimate of drug-likeness (QED) is 0.832. The molecule has 0 atom stereocenters. The minimum atomic E-state index is -3.59. The van der Waals surface area contributed by atoms with E-state index in [1.54, 1.807) is 13.0 Å². The molecular weight excluding hydrogens is 250 g/mol. The standard InChI is InChI=1S/C10H10ClNO3S/c1-7-5-9(15-2)8(11)6-10(7)16(13,14)4-3-12/h5-6H,4H2,1-2H3. The Labute approximate surface area is 99.3 Å². The zero-order valence-electron chi connectivity index (χ0n) is 8.82. The van der Waals surface area contributed by atoms with Crippen LogP contribution in [-0.2, 0) is 9.84 Å². The van der Waals surface area contributed by atoms with E-state index < -0.39 is 15.6 Å². The fourth-order valence-corrected chi connectivity index (χ4v) is 2.77. The second-order valence-electron chi connectivity index (χ2n) is 3.17. The zero-order chi connectivity index (χ0) is 12.3. The molecule has 0 aliphatic rings. The third-order valence-electron chi connectivity index (χ3n) is 2.04. The van der Waals surface area contributed by atoms with Gasteiger partial charge in [0.05, 0.1) is 23.1 Å². The van der Waals surface area contributed by atoms with Crippen LogP contribution in [0.2, 0.25) is 5.02 Å². The van der Waals surface area contributed by atoms with Crippen molar-refractivity contribution in [2.45, 2.75) is 11.8 Å². The Morgan fingerprint density at radius 1 is 1.50 bits per heavy atom. The lowest BCUT2D eigenvalue weighted by Gasteiger charge is -2.09. The highest BCUT2D eigenvalue weighted by Gasteiger charge is 2.18. The highest BCUT2D eigenvalue weighted by molar-refractivity contribution is 7.91. The van der Waals surface area contributed by atoms with E-state index in [-0.39, 0.29) is 9.92 Å². The summed E-state index contributed by atoms with van der Waals surface area (Å²) >= 11 is 5.84. The molecule has 0 amide bonds. The number of benzene rings is 1. The predicted molar refractivity (Wildman–Crippen MR) is 60.4 cm³/mol. The second kappa shape index (κ2) is 4.73. The van der Waals surface area contributed by atoms with Crippen LogP contribution in [0.4, 0.5) is 0 Å². The number of hydrogen-bond donors (Lipinski definition) is 0. The molecule has 0 aromatic heterocycles. The van der Waals surface area contributed by atoms with Gasteiger partial charge in [0, 0.05) is 0 Å². The Morgan fingerprint density at radius 3 is 2.62 bits per heavy atom. The molecular formula is C10H10ClNO3S. The average Bonchev–Trinajstić information content (AvgIpc) is 2.20. The lowest BCUT2D eigenvalue weighted by atomic mass is 10.2. The number of ether oxygens (including phenoxy) is 1. The van der Waals surface area contributed by atoms with Gasteiger partial charge in [0.25, 0.3) is 0 Å². The highest BCUT2D eigenvalue weighted by atomic mass is 35.5. The summed E-state index contributed by atoms with van der Waals surface area (Å²) in [4.78, 5) is 0.0693. The molecule has 16 heavy (non-hydrogen) atoms. The SMILES string of the molecule is COc1cc(C)c(S(=O)(=O)CC#N)cc1Cl. The third-order valence-corrected chi connectivity index (χ3v) is 3.95. The van der Waals surface area contributed by atoms with E-state index in [4.69, 9.17) is 21.6 Å². The van der Waals surface area contributed by atoms with Crippen molar-refractivity contribution in [1.29, 1.82) is 5.26 Å². The summed E-state index contributed by atoms with van der Waals surface area (Å²) in [6.45, 7) is 1.63. The van der Waals surface area contributed by atoms with Gasteiger partial charge in [-0.2, -0.15) is 5.26 Å². The number of aryl methyl sites for hydroxylation is 1. The Hall–Kier alpha value is -1.25. The molecule has 6 heteroatoms. The lowest BCUT2D eigenvalue weighted by Crippen LogP contribution is -2.07. The first-order valence-electron chi connectivity index (χ1n) is 4.36. The summed E-state index contributed by atoms with van der Waals surface area (Å²) < 4.78 is 28.3. The van der Waals surface area contributed by atoms with Gasteiger partial charge in [-0.05, 0) is 24.6 Å². The van der Waals surface area contributed by atoms with Gasteiger partial charge in [0.15, 0.2) is 9.84 Å². The summed E-state index contributed by atoms with van der Waals surface area (Å²) in [5.41, 5.74) is 0.511. The van der Waals surface area contributed by atoms with Crippen molar-refractivity contribution < 1.29 is 13.2 Å². The van der Waals surface area contributed by atoms with E-state index in [0.717, 1.165) is 0 Å². The summed E-state index contributed by atoms with van der Waals surface area (Å²) in [6, 6.07) is 4.46. The van der Waals surface area contributed by atoms with Crippen LogP contribution < -0.4 is 4.74 Å². The lowest BCUT2D eigenvalue weighted by molar-refractivity contribution is 0.414. The van der Waals surface area contributed by atoms with E-state index in [2.05, 4.69) is 0 Å². The fraction of sp³-hybridized carbons (Fsp3) is 0.300. The molecule has 0 N–H and O–H groups in total. The molecule has 0 unspecified atom stereocenters. The van der Waals surface area contributed by atoms with Crippen LogP contribution in [0.3, 0.4) is 0 Å². The van der Waals surface area contributed by atoms with Crippen LogP contribution in [0.15, 0.2) is 17.0 Å².